The van der Waals surface area contributed by atoms with Crippen molar-refractivity contribution in [1.29, 1.82) is 0 Å². The maximum Gasteiger partial charge on any atom is 0.240 e. The van der Waals surface area contributed by atoms with Gasteiger partial charge in [0, 0.05) is 6.54 Å². The third-order valence-electron chi connectivity index (χ3n) is 3.00. The summed E-state index contributed by atoms with van der Waals surface area (Å²) in [5.41, 5.74) is 0. The predicted molar refractivity (Wildman–Crippen MR) is 68.3 cm³/mol. The van der Waals surface area contributed by atoms with Crippen molar-refractivity contribution < 1.29 is 21.2 Å². The van der Waals surface area contributed by atoms with Crippen molar-refractivity contribution in [2.75, 3.05) is 18.1 Å². The number of sulfone groups is 1. The number of benzene rings is 1. The molecule has 0 aromatic heterocycles. The lowest BCUT2D eigenvalue weighted by atomic mass is 10.1. The Kier molecular flexibility index (Phi) is 3.93. The number of nitrogens with one attached hydrogen (secondary N) is 1. The van der Waals surface area contributed by atoms with Gasteiger partial charge in [-0.05, 0) is 30.5 Å². The summed E-state index contributed by atoms with van der Waals surface area (Å²) in [6.07, 6.45) is 0.452. The second-order valence-corrected chi connectivity index (χ2v) is 8.57. The van der Waals surface area contributed by atoms with Crippen molar-refractivity contribution in [1.82, 2.24) is 4.72 Å². The molecule has 1 aromatic carbocycles. The quantitative estimate of drug-likeness (QED) is 0.880. The van der Waals surface area contributed by atoms with Gasteiger partial charge in [0.25, 0.3) is 0 Å². The summed E-state index contributed by atoms with van der Waals surface area (Å²) in [7, 11) is -6.82. The van der Waals surface area contributed by atoms with E-state index in [4.69, 9.17) is 0 Å². The molecule has 0 radical (unpaired) electrons. The van der Waals surface area contributed by atoms with Crippen LogP contribution in [0.4, 0.5) is 4.39 Å². The number of sulfonamides is 1. The first-order valence-corrected chi connectivity index (χ1v) is 9.05. The lowest BCUT2D eigenvalue weighted by molar-refractivity contribution is 0.542. The van der Waals surface area contributed by atoms with Gasteiger partial charge in [-0.1, -0.05) is 6.07 Å². The van der Waals surface area contributed by atoms with Crippen LogP contribution in [0.25, 0.3) is 0 Å². The Morgan fingerprint density at radius 3 is 2.68 bits per heavy atom. The highest BCUT2D eigenvalue weighted by atomic mass is 32.2. The Labute approximate surface area is 111 Å². The summed E-state index contributed by atoms with van der Waals surface area (Å²) >= 11 is 0. The van der Waals surface area contributed by atoms with Gasteiger partial charge in [0.15, 0.2) is 9.84 Å². The SMILES string of the molecule is O=S1(=O)CC[C@@H](CNS(=O)(=O)c2cccc(F)c2)C1. The Morgan fingerprint density at radius 1 is 1.37 bits per heavy atom. The molecule has 1 saturated heterocycles. The molecule has 0 aliphatic carbocycles. The molecule has 19 heavy (non-hydrogen) atoms. The Balaban J connectivity index is 2.03. The van der Waals surface area contributed by atoms with Gasteiger partial charge >= 0.3 is 0 Å². The minimum absolute atomic E-state index is 0.00132. The van der Waals surface area contributed by atoms with Gasteiger partial charge < -0.3 is 0 Å². The summed E-state index contributed by atoms with van der Waals surface area (Å²) < 4.78 is 61.5. The van der Waals surface area contributed by atoms with Gasteiger partial charge in [-0.15, -0.1) is 0 Å². The summed E-state index contributed by atoms with van der Waals surface area (Å²) in [5.74, 6) is -0.752. The largest absolute Gasteiger partial charge is 0.240 e. The van der Waals surface area contributed by atoms with Gasteiger partial charge in [0.2, 0.25) is 10.0 Å². The highest BCUT2D eigenvalue weighted by molar-refractivity contribution is 7.91. The minimum atomic E-state index is -3.79. The zero-order chi connectivity index (χ0) is 14.1. The third kappa shape index (κ3) is 3.74. The highest BCUT2D eigenvalue weighted by Crippen LogP contribution is 2.18. The van der Waals surface area contributed by atoms with Gasteiger partial charge in [-0.2, -0.15) is 0 Å². The van der Waals surface area contributed by atoms with E-state index in [1.807, 2.05) is 0 Å². The van der Waals surface area contributed by atoms with Crippen LogP contribution in [0.5, 0.6) is 0 Å². The Bertz CT molecular complexity index is 670. The van der Waals surface area contributed by atoms with E-state index in [0.717, 1.165) is 12.1 Å². The Hall–Kier alpha value is -0.990. The average molecular weight is 307 g/mol. The summed E-state index contributed by atoms with van der Waals surface area (Å²) in [6, 6.07) is 4.68. The third-order valence-corrected chi connectivity index (χ3v) is 6.25. The Morgan fingerprint density at radius 2 is 2.11 bits per heavy atom. The number of hydrogen-bond donors (Lipinski definition) is 1. The molecule has 0 amide bonds. The van der Waals surface area contributed by atoms with Crippen LogP contribution in [0.3, 0.4) is 0 Å². The standard InChI is InChI=1S/C11H14FNO4S2/c12-10-2-1-3-11(6-10)19(16,17)13-7-9-4-5-18(14,15)8-9/h1-3,6,9,13H,4-5,7-8H2/t9-/m0/s1. The topological polar surface area (TPSA) is 80.3 Å². The second kappa shape index (κ2) is 5.18. The summed E-state index contributed by atoms with van der Waals surface area (Å²) in [5, 5.41) is 0. The van der Waals surface area contributed by atoms with Crippen LogP contribution >= 0.6 is 0 Å². The van der Waals surface area contributed by atoms with Crippen molar-refractivity contribution in [2.45, 2.75) is 11.3 Å². The van der Waals surface area contributed by atoms with Crippen molar-refractivity contribution in [3.8, 4) is 0 Å². The van der Waals surface area contributed by atoms with Crippen LogP contribution in [0.15, 0.2) is 29.2 Å². The second-order valence-electron chi connectivity index (χ2n) is 4.58. The first-order valence-electron chi connectivity index (χ1n) is 5.74. The molecular formula is C11H14FNO4S2. The summed E-state index contributed by atoms with van der Waals surface area (Å²) in [4.78, 5) is -0.159. The molecule has 0 saturated carbocycles. The molecule has 0 bridgehead atoms. The van der Waals surface area contributed by atoms with Crippen LogP contribution in [0.2, 0.25) is 0 Å². The van der Waals surface area contributed by atoms with Crippen LogP contribution in [-0.2, 0) is 19.9 Å². The van der Waals surface area contributed by atoms with Gasteiger partial charge in [0.1, 0.15) is 5.82 Å². The zero-order valence-corrected chi connectivity index (χ0v) is 11.7. The molecule has 2 rings (SSSR count). The first kappa shape index (κ1) is 14.4. The highest BCUT2D eigenvalue weighted by Gasteiger charge is 2.29. The molecule has 106 valence electrons. The van der Waals surface area contributed by atoms with Crippen LogP contribution in [0, 0.1) is 11.7 Å². The van der Waals surface area contributed by atoms with Crippen molar-refractivity contribution in [3.63, 3.8) is 0 Å². The van der Waals surface area contributed by atoms with E-state index < -0.39 is 25.7 Å². The molecule has 1 aliphatic rings. The molecule has 5 nitrogen and oxygen atoms in total. The van der Waals surface area contributed by atoms with Crippen molar-refractivity contribution in [2.24, 2.45) is 5.92 Å². The van der Waals surface area contributed by atoms with E-state index >= 15 is 0 Å². The first-order chi connectivity index (χ1) is 8.78. The lowest BCUT2D eigenvalue weighted by Gasteiger charge is -2.10. The number of rotatable bonds is 4. The molecule has 1 aliphatic heterocycles. The van der Waals surface area contributed by atoms with E-state index in [-0.39, 0.29) is 28.9 Å². The fraction of sp³-hybridized carbons (Fsp3) is 0.455. The molecule has 0 spiro atoms. The molecule has 0 unspecified atom stereocenters. The van der Waals surface area contributed by atoms with Crippen LogP contribution in [0.1, 0.15) is 6.42 Å². The molecule has 1 fully saturated rings. The monoisotopic (exact) mass is 307 g/mol. The number of hydrogen-bond acceptors (Lipinski definition) is 4. The maximum absolute atomic E-state index is 13.0. The normalized spacial score (nSPS) is 22.5. The summed E-state index contributed by atoms with van der Waals surface area (Å²) in [6.45, 7) is 0.0536. The molecule has 1 heterocycles. The smallest absolute Gasteiger partial charge is 0.229 e. The molecule has 1 atom stereocenters. The van der Waals surface area contributed by atoms with Crippen molar-refractivity contribution >= 4 is 19.9 Å². The van der Waals surface area contributed by atoms with E-state index in [2.05, 4.69) is 4.72 Å². The van der Waals surface area contributed by atoms with E-state index in [1.165, 1.54) is 12.1 Å². The average Bonchev–Trinajstić information content (AvgIpc) is 2.67. The predicted octanol–water partition coefficient (Wildman–Crippen LogP) is 0.539. The van der Waals surface area contributed by atoms with Crippen LogP contribution in [-0.4, -0.2) is 34.9 Å². The van der Waals surface area contributed by atoms with E-state index in [9.17, 15) is 21.2 Å². The van der Waals surface area contributed by atoms with Crippen LogP contribution < -0.4 is 4.72 Å². The fourth-order valence-corrected chi connectivity index (χ4v) is 4.99. The lowest BCUT2D eigenvalue weighted by Crippen LogP contribution is -2.30. The fourth-order valence-electron chi connectivity index (χ4n) is 1.98. The minimum Gasteiger partial charge on any atom is -0.229 e. The maximum atomic E-state index is 13.0. The zero-order valence-electron chi connectivity index (χ0n) is 10.0. The van der Waals surface area contributed by atoms with E-state index in [1.54, 1.807) is 0 Å². The number of halogens is 1. The van der Waals surface area contributed by atoms with E-state index in [0.29, 0.717) is 6.42 Å². The van der Waals surface area contributed by atoms with Crippen molar-refractivity contribution in [3.05, 3.63) is 30.1 Å². The molecular weight excluding hydrogens is 293 g/mol. The molecule has 1 aromatic rings. The molecule has 8 heteroatoms. The van der Waals surface area contributed by atoms with Gasteiger partial charge in [-0.25, -0.2) is 25.9 Å². The van der Waals surface area contributed by atoms with Gasteiger partial charge in [0.05, 0.1) is 16.4 Å². The molecule has 1 N–H and O–H groups in total. The van der Waals surface area contributed by atoms with Gasteiger partial charge in [-0.3, -0.25) is 0 Å².